The number of fused-ring (bicyclic) bond motifs is 2. The quantitative estimate of drug-likeness (QED) is 0.656. The van der Waals surface area contributed by atoms with Gasteiger partial charge in [-0.05, 0) is 12.1 Å². The highest BCUT2D eigenvalue weighted by Gasteiger charge is 2.37. The van der Waals surface area contributed by atoms with E-state index in [4.69, 9.17) is 4.74 Å². The van der Waals surface area contributed by atoms with E-state index in [0.717, 1.165) is 0 Å². The minimum absolute atomic E-state index is 0.0284. The van der Waals surface area contributed by atoms with Crippen LogP contribution in [0.3, 0.4) is 0 Å². The van der Waals surface area contributed by atoms with Crippen LogP contribution in [0.25, 0.3) is 0 Å². The molecule has 2 aliphatic heterocycles. The van der Waals surface area contributed by atoms with E-state index in [1.54, 1.807) is 17.0 Å². The number of para-hydroxylation sites is 1. The van der Waals surface area contributed by atoms with E-state index < -0.39 is 6.23 Å². The maximum atomic E-state index is 12.1. The van der Waals surface area contributed by atoms with Gasteiger partial charge in [0.15, 0.2) is 6.23 Å². The topological polar surface area (TPSA) is 46.6 Å². The molecule has 3 rings (SSSR count). The number of Topliss-reactive ketones (excluding diaryl/α,β-unsaturated/α-hetero) is 1. The summed E-state index contributed by atoms with van der Waals surface area (Å²) in [7, 11) is 0. The summed E-state index contributed by atoms with van der Waals surface area (Å²) in [4.78, 5) is 25.1. The molecule has 0 spiro atoms. The van der Waals surface area contributed by atoms with Crippen molar-refractivity contribution < 1.29 is 14.3 Å². The van der Waals surface area contributed by atoms with Crippen molar-refractivity contribution in [2.24, 2.45) is 0 Å². The normalized spacial score (nSPS) is 23.5. The summed E-state index contributed by atoms with van der Waals surface area (Å²) in [6, 6.07) is 7.16. The number of hydrogen-bond donors (Lipinski definition) is 0. The number of amides is 1. The second-order valence-electron chi connectivity index (χ2n) is 4.06. The Morgan fingerprint density at radius 2 is 2.06 bits per heavy atom. The van der Waals surface area contributed by atoms with Gasteiger partial charge in [0.1, 0.15) is 11.5 Å². The van der Waals surface area contributed by atoms with E-state index in [1.807, 2.05) is 12.1 Å². The monoisotopic (exact) mass is 217 g/mol. The van der Waals surface area contributed by atoms with Crippen molar-refractivity contribution in [1.82, 2.24) is 4.90 Å². The number of piperidine rings is 1. The smallest absolute Gasteiger partial charge is 0.260 e. The number of rotatable bonds is 0. The predicted molar refractivity (Wildman–Crippen MR) is 56.1 cm³/mol. The van der Waals surface area contributed by atoms with Gasteiger partial charge in [0.2, 0.25) is 0 Å². The highest BCUT2D eigenvalue weighted by atomic mass is 16.5. The van der Waals surface area contributed by atoms with Crippen LogP contribution in [0.2, 0.25) is 0 Å². The Balaban J connectivity index is 2.00. The molecular weight excluding hydrogens is 206 g/mol. The minimum atomic E-state index is -0.399. The van der Waals surface area contributed by atoms with E-state index in [-0.39, 0.29) is 11.7 Å². The first-order chi connectivity index (χ1) is 7.75. The number of ketones is 1. The van der Waals surface area contributed by atoms with Crippen molar-refractivity contribution in [3.05, 3.63) is 29.8 Å². The molecule has 0 saturated carbocycles. The molecule has 2 heterocycles. The van der Waals surface area contributed by atoms with Gasteiger partial charge in [0.25, 0.3) is 5.91 Å². The van der Waals surface area contributed by atoms with Gasteiger partial charge in [-0.2, -0.15) is 0 Å². The van der Waals surface area contributed by atoms with Crippen molar-refractivity contribution in [1.29, 1.82) is 0 Å². The van der Waals surface area contributed by atoms with Crippen molar-refractivity contribution in [2.45, 2.75) is 19.1 Å². The van der Waals surface area contributed by atoms with Gasteiger partial charge in [0.05, 0.1) is 12.0 Å². The number of carbonyl (C=O) groups excluding carboxylic acids is 2. The van der Waals surface area contributed by atoms with Crippen molar-refractivity contribution in [3.63, 3.8) is 0 Å². The molecule has 1 amide bonds. The zero-order valence-electron chi connectivity index (χ0n) is 8.68. The van der Waals surface area contributed by atoms with Crippen LogP contribution in [0.4, 0.5) is 0 Å². The van der Waals surface area contributed by atoms with E-state index in [1.165, 1.54) is 0 Å². The first kappa shape index (κ1) is 9.39. The van der Waals surface area contributed by atoms with Gasteiger partial charge in [-0.1, -0.05) is 12.1 Å². The standard InChI is InChI=1S/C12H11NO3/c14-8-5-6-13-11(7-8)16-10-4-2-1-3-9(10)12(13)15/h1-4,11H,5-7H2. The SMILES string of the molecule is O=C1CCN2C(=O)c3ccccc3OC2C1. The van der Waals surface area contributed by atoms with Crippen LogP contribution in [0.15, 0.2) is 24.3 Å². The lowest BCUT2D eigenvalue weighted by atomic mass is 10.0. The molecule has 1 unspecified atom stereocenters. The first-order valence-corrected chi connectivity index (χ1v) is 5.34. The van der Waals surface area contributed by atoms with Crippen molar-refractivity contribution in [3.8, 4) is 5.75 Å². The second kappa shape index (κ2) is 3.33. The molecule has 0 radical (unpaired) electrons. The van der Waals surface area contributed by atoms with E-state index >= 15 is 0 Å². The van der Waals surface area contributed by atoms with Crippen LogP contribution in [-0.2, 0) is 4.79 Å². The summed E-state index contributed by atoms with van der Waals surface area (Å²) in [6.07, 6.45) is 0.344. The summed E-state index contributed by atoms with van der Waals surface area (Å²) in [6.45, 7) is 0.469. The number of benzene rings is 1. The highest BCUT2D eigenvalue weighted by molar-refractivity contribution is 5.99. The third kappa shape index (κ3) is 1.30. The molecule has 1 fully saturated rings. The summed E-state index contributed by atoms with van der Waals surface area (Å²) >= 11 is 0. The molecule has 1 saturated heterocycles. The molecule has 1 aromatic rings. The van der Waals surface area contributed by atoms with E-state index in [0.29, 0.717) is 30.7 Å². The molecule has 0 N–H and O–H groups in total. The molecule has 0 aromatic heterocycles. The molecular formula is C12H11NO3. The van der Waals surface area contributed by atoms with Gasteiger partial charge >= 0.3 is 0 Å². The third-order valence-corrected chi connectivity index (χ3v) is 3.02. The molecule has 82 valence electrons. The van der Waals surface area contributed by atoms with Gasteiger partial charge in [0, 0.05) is 13.0 Å². The second-order valence-corrected chi connectivity index (χ2v) is 4.06. The fraction of sp³-hybridized carbons (Fsp3) is 0.333. The van der Waals surface area contributed by atoms with Crippen molar-refractivity contribution >= 4 is 11.7 Å². The zero-order valence-corrected chi connectivity index (χ0v) is 8.68. The average Bonchev–Trinajstić information content (AvgIpc) is 2.29. The Labute approximate surface area is 92.8 Å². The van der Waals surface area contributed by atoms with Crippen LogP contribution in [0, 0.1) is 0 Å². The third-order valence-electron chi connectivity index (χ3n) is 3.02. The average molecular weight is 217 g/mol. The fourth-order valence-corrected chi connectivity index (χ4v) is 2.18. The maximum Gasteiger partial charge on any atom is 0.260 e. The predicted octanol–water partition coefficient (Wildman–Crippen LogP) is 1.21. The summed E-state index contributed by atoms with van der Waals surface area (Å²) in [5.74, 6) is 0.719. The lowest BCUT2D eigenvalue weighted by Crippen LogP contribution is -2.52. The van der Waals surface area contributed by atoms with Crippen LogP contribution in [0.5, 0.6) is 5.75 Å². The van der Waals surface area contributed by atoms with Crippen molar-refractivity contribution in [2.75, 3.05) is 6.54 Å². The maximum absolute atomic E-state index is 12.1. The number of ether oxygens (including phenoxy) is 1. The summed E-state index contributed by atoms with van der Waals surface area (Å²) in [5.41, 5.74) is 0.591. The molecule has 1 atom stereocenters. The minimum Gasteiger partial charge on any atom is -0.469 e. The zero-order chi connectivity index (χ0) is 11.1. The Bertz CT molecular complexity index is 469. The highest BCUT2D eigenvalue weighted by Crippen LogP contribution is 2.30. The molecule has 0 aliphatic carbocycles. The lowest BCUT2D eigenvalue weighted by Gasteiger charge is -2.38. The largest absolute Gasteiger partial charge is 0.469 e. The molecule has 1 aromatic carbocycles. The Hall–Kier alpha value is -1.84. The van der Waals surface area contributed by atoms with Crippen LogP contribution < -0.4 is 4.74 Å². The van der Waals surface area contributed by atoms with Gasteiger partial charge < -0.3 is 9.64 Å². The number of carbonyl (C=O) groups is 2. The Kier molecular flexibility index (Phi) is 1.96. The number of hydrogen-bond acceptors (Lipinski definition) is 3. The van der Waals surface area contributed by atoms with Crippen LogP contribution in [0.1, 0.15) is 23.2 Å². The molecule has 16 heavy (non-hydrogen) atoms. The fourth-order valence-electron chi connectivity index (χ4n) is 2.18. The van der Waals surface area contributed by atoms with Crippen LogP contribution >= 0.6 is 0 Å². The van der Waals surface area contributed by atoms with Crippen LogP contribution in [-0.4, -0.2) is 29.4 Å². The van der Waals surface area contributed by atoms with Gasteiger partial charge in [-0.15, -0.1) is 0 Å². The summed E-state index contributed by atoms with van der Waals surface area (Å²) in [5, 5.41) is 0. The number of nitrogens with zero attached hydrogens (tertiary/aromatic N) is 1. The van der Waals surface area contributed by atoms with E-state index in [9.17, 15) is 9.59 Å². The molecule has 4 nitrogen and oxygen atoms in total. The Morgan fingerprint density at radius 3 is 2.94 bits per heavy atom. The Morgan fingerprint density at radius 1 is 1.25 bits per heavy atom. The first-order valence-electron chi connectivity index (χ1n) is 5.34. The molecule has 0 bridgehead atoms. The summed E-state index contributed by atoms with van der Waals surface area (Å²) < 4.78 is 5.66. The molecule has 4 heteroatoms. The lowest BCUT2D eigenvalue weighted by molar-refractivity contribution is -0.127. The molecule has 2 aliphatic rings. The van der Waals surface area contributed by atoms with Gasteiger partial charge in [-0.3, -0.25) is 9.59 Å². The van der Waals surface area contributed by atoms with Gasteiger partial charge in [-0.25, -0.2) is 0 Å². The van der Waals surface area contributed by atoms with E-state index in [2.05, 4.69) is 0 Å².